The number of hydrogen-bond donors (Lipinski definition) is 0. The molecular formula is C19H29N5O3. The average Bonchev–Trinajstić information content (AvgIpc) is 3.26. The Morgan fingerprint density at radius 1 is 1.30 bits per heavy atom. The number of hydrogen-bond acceptors (Lipinski definition) is 4. The van der Waals surface area contributed by atoms with E-state index in [2.05, 4.69) is 10.00 Å². The summed E-state index contributed by atoms with van der Waals surface area (Å²) in [5.74, 6) is -0.00806. The molecule has 0 unspecified atom stereocenters. The summed E-state index contributed by atoms with van der Waals surface area (Å²) in [5.41, 5.74) is 0.411. The summed E-state index contributed by atoms with van der Waals surface area (Å²) in [4.78, 5) is 31.4. The molecule has 1 spiro atoms. The molecule has 27 heavy (non-hydrogen) atoms. The van der Waals surface area contributed by atoms with E-state index in [1.54, 1.807) is 10.7 Å². The summed E-state index contributed by atoms with van der Waals surface area (Å²) in [6.45, 7) is 6.31. The van der Waals surface area contributed by atoms with Gasteiger partial charge in [0.2, 0.25) is 0 Å². The third-order valence-electron chi connectivity index (χ3n) is 6.30. The summed E-state index contributed by atoms with van der Waals surface area (Å²) in [6.07, 6.45) is 5.28. The molecule has 3 aliphatic heterocycles. The van der Waals surface area contributed by atoms with Gasteiger partial charge in [0, 0.05) is 58.7 Å². The number of piperidine rings is 1. The number of rotatable bonds is 3. The maximum absolute atomic E-state index is 12.9. The molecule has 1 aromatic heterocycles. The third kappa shape index (κ3) is 3.20. The van der Waals surface area contributed by atoms with Gasteiger partial charge in [0.25, 0.3) is 5.91 Å². The fourth-order valence-corrected chi connectivity index (χ4v) is 4.81. The van der Waals surface area contributed by atoms with Crippen molar-refractivity contribution < 1.29 is 14.3 Å². The molecule has 8 heteroatoms. The number of urea groups is 1. The predicted molar refractivity (Wildman–Crippen MR) is 99.5 cm³/mol. The van der Waals surface area contributed by atoms with Crippen molar-refractivity contribution >= 4 is 11.9 Å². The highest BCUT2D eigenvalue weighted by Crippen LogP contribution is 2.38. The second kappa shape index (κ2) is 7.14. The van der Waals surface area contributed by atoms with Gasteiger partial charge in [0.05, 0.1) is 5.54 Å². The predicted octanol–water partition coefficient (Wildman–Crippen LogP) is 1.42. The van der Waals surface area contributed by atoms with Crippen molar-refractivity contribution in [1.29, 1.82) is 0 Å². The lowest BCUT2D eigenvalue weighted by atomic mass is 9.86. The van der Waals surface area contributed by atoms with Crippen LogP contribution >= 0.6 is 0 Å². The summed E-state index contributed by atoms with van der Waals surface area (Å²) in [7, 11) is 1.89. The van der Waals surface area contributed by atoms with E-state index in [1.165, 1.54) is 0 Å². The van der Waals surface area contributed by atoms with Crippen molar-refractivity contribution in [2.75, 3.05) is 39.9 Å². The number of amides is 3. The highest BCUT2D eigenvalue weighted by molar-refractivity contribution is 5.92. The molecule has 3 fully saturated rings. The first-order chi connectivity index (χ1) is 13.0. The summed E-state index contributed by atoms with van der Waals surface area (Å²) in [5, 5.41) is 4.33. The average molecular weight is 375 g/mol. The second-order valence-corrected chi connectivity index (χ2v) is 7.93. The van der Waals surface area contributed by atoms with E-state index in [-0.39, 0.29) is 23.5 Å². The lowest BCUT2D eigenvalue weighted by Crippen LogP contribution is -2.57. The first-order valence-corrected chi connectivity index (χ1v) is 9.99. The summed E-state index contributed by atoms with van der Waals surface area (Å²) < 4.78 is 7.32. The maximum Gasteiger partial charge on any atom is 0.320 e. The molecule has 0 N–H and O–H groups in total. The van der Waals surface area contributed by atoms with Gasteiger partial charge in [-0.1, -0.05) is 0 Å². The number of nitrogens with zero attached hydrogens (tertiary/aromatic N) is 5. The van der Waals surface area contributed by atoms with Crippen LogP contribution in [0.25, 0.3) is 0 Å². The zero-order valence-corrected chi connectivity index (χ0v) is 16.3. The molecule has 8 nitrogen and oxygen atoms in total. The number of carbonyl (C=O) groups excluding carboxylic acids is 2. The third-order valence-corrected chi connectivity index (χ3v) is 6.30. The molecule has 0 atom stereocenters. The minimum Gasteiger partial charge on any atom is -0.381 e. The molecule has 3 amide bonds. The Morgan fingerprint density at radius 2 is 2.00 bits per heavy atom. The highest BCUT2D eigenvalue weighted by Gasteiger charge is 2.52. The largest absolute Gasteiger partial charge is 0.381 e. The molecule has 0 radical (unpaired) electrons. The van der Waals surface area contributed by atoms with Crippen LogP contribution in [0.15, 0.2) is 12.3 Å². The molecule has 0 saturated carbocycles. The number of aromatic nitrogens is 2. The molecule has 3 saturated heterocycles. The van der Waals surface area contributed by atoms with Crippen LogP contribution in [0.2, 0.25) is 0 Å². The Bertz CT molecular complexity index is 704. The normalized spacial score (nSPS) is 23.5. The van der Waals surface area contributed by atoms with Gasteiger partial charge < -0.3 is 19.4 Å². The first kappa shape index (κ1) is 18.3. The zero-order chi connectivity index (χ0) is 19.0. The van der Waals surface area contributed by atoms with Crippen LogP contribution in [0.1, 0.15) is 43.1 Å². The number of ether oxygens (including phenoxy) is 1. The van der Waals surface area contributed by atoms with Gasteiger partial charge in [0.1, 0.15) is 5.69 Å². The van der Waals surface area contributed by atoms with E-state index in [9.17, 15) is 9.59 Å². The lowest BCUT2D eigenvalue weighted by molar-refractivity contribution is -0.0151. The van der Waals surface area contributed by atoms with Gasteiger partial charge in [-0.3, -0.25) is 9.48 Å². The fraction of sp³-hybridized carbons (Fsp3) is 0.737. The van der Waals surface area contributed by atoms with Crippen LogP contribution < -0.4 is 0 Å². The summed E-state index contributed by atoms with van der Waals surface area (Å²) in [6, 6.07) is 2.11. The smallest absolute Gasteiger partial charge is 0.320 e. The van der Waals surface area contributed by atoms with E-state index in [4.69, 9.17) is 4.74 Å². The first-order valence-electron chi connectivity index (χ1n) is 9.99. The van der Waals surface area contributed by atoms with Crippen molar-refractivity contribution in [1.82, 2.24) is 24.5 Å². The van der Waals surface area contributed by atoms with Crippen LogP contribution in [0.4, 0.5) is 4.79 Å². The van der Waals surface area contributed by atoms with Gasteiger partial charge in [-0.15, -0.1) is 0 Å². The molecule has 0 bridgehead atoms. The van der Waals surface area contributed by atoms with E-state index in [0.717, 1.165) is 52.0 Å². The molecule has 1 aromatic rings. The Kier molecular flexibility index (Phi) is 4.84. The van der Waals surface area contributed by atoms with Crippen molar-refractivity contribution in [2.24, 2.45) is 0 Å². The second-order valence-electron chi connectivity index (χ2n) is 7.93. The number of carbonyl (C=O) groups is 2. The standard InChI is InChI=1S/C19H29N5O3/c1-3-23-11-6-16(20-23)17(25)22-9-4-15(5-10-22)24-18(26)21(2)14-19(24)7-12-27-13-8-19/h6,11,15H,3-5,7-10,12-14H2,1-2H3. The topological polar surface area (TPSA) is 70.9 Å². The van der Waals surface area contributed by atoms with E-state index >= 15 is 0 Å². The fourth-order valence-electron chi connectivity index (χ4n) is 4.81. The van der Waals surface area contributed by atoms with Gasteiger partial charge in [-0.05, 0) is 38.7 Å². The quantitative estimate of drug-likeness (QED) is 0.801. The Balaban J connectivity index is 1.43. The Labute approximate surface area is 160 Å². The highest BCUT2D eigenvalue weighted by atomic mass is 16.5. The van der Waals surface area contributed by atoms with Gasteiger partial charge >= 0.3 is 6.03 Å². The van der Waals surface area contributed by atoms with Crippen LogP contribution in [0.3, 0.4) is 0 Å². The van der Waals surface area contributed by atoms with Crippen LogP contribution in [-0.4, -0.2) is 87.9 Å². The number of likely N-dealkylation sites (tertiary alicyclic amines) is 1. The van der Waals surface area contributed by atoms with Crippen molar-refractivity contribution in [3.8, 4) is 0 Å². The van der Waals surface area contributed by atoms with Crippen LogP contribution in [-0.2, 0) is 11.3 Å². The van der Waals surface area contributed by atoms with Crippen LogP contribution in [0, 0.1) is 0 Å². The maximum atomic E-state index is 12.9. The molecule has 0 aliphatic carbocycles. The Hall–Kier alpha value is -2.09. The SMILES string of the molecule is CCn1ccc(C(=O)N2CCC(N3C(=O)N(C)CC34CCOCC4)CC2)n1. The molecule has 4 heterocycles. The van der Waals surface area contributed by atoms with Gasteiger partial charge in [-0.2, -0.15) is 5.10 Å². The lowest BCUT2D eigenvalue weighted by Gasteiger charge is -2.46. The van der Waals surface area contributed by atoms with Gasteiger partial charge in [0.15, 0.2) is 0 Å². The van der Waals surface area contributed by atoms with Crippen molar-refractivity contribution in [3.05, 3.63) is 18.0 Å². The minimum absolute atomic E-state index is 0.00806. The van der Waals surface area contributed by atoms with E-state index in [1.807, 2.05) is 30.0 Å². The van der Waals surface area contributed by atoms with Crippen molar-refractivity contribution in [3.63, 3.8) is 0 Å². The number of aryl methyl sites for hydroxylation is 1. The van der Waals surface area contributed by atoms with Crippen molar-refractivity contribution in [2.45, 2.75) is 50.7 Å². The van der Waals surface area contributed by atoms with E-state index in [0.29, 0.717) is 18.8 Å². The Morgan fingerprint density at radius 3 is 2.63 bits per heavy atom. The van der Waals surface area contributed by atoms with Crippen LogP contribution in [0.5, 0.6) is 0 Å². The monoisotopic (exact) mass is 375 g/mol. The molecule has 148 valence electrons. The molecule has 4 rings (SSSR count). The molecular weight excluding hydrogens is 346 g/mol. The molecule has 3 aliphatic rings. The van der Waals surface area contributed by atoms with Gasteiger partial charge in [-0.25, -0.2) is 4.79 Å². The number of likely N-dealkylation sites (N-methyl/N-ethyl adjacent to an activating group) is 1. The van der Waals surface area contributed by atoms with E-state index < -0.39 is 0 Å². The zero-order valence-electron chi connectivity index (χ0n) is 16.3. The summed E-state index contributed by atoms with van der Waals surface area (Å²) >= 11 is 0. The molecule has 0 aromatic carbocycles. The minimum atomic E-state index is -0.0964.